The number of tetrazole rings is 1. The zero-order valence-electron chi connectivity index (χ0n) is 11.4. The van der Waals surface area contributed by atoms with Gasteiger partial charge in [0.05, 0.1) is 13.2 Å². The first-order valence-electron chi connectivity index (χ1n) is 6.33. The van der Waals surface area contributed by atoms with Crippen LogP contribution in [0.15, 0.2) is 29.2 Å². The fourth-order valence-corrected chi connectivity index (χ4v) is 2.41. The molecular formula is C13H16N4O2S. The first-order valence-corrected chi connectivity index (χ1v) is 7.32. The van der Waals surface area contributed by atoms with Gasteiger partial charge in [0, 0.05) is 10.6 Å². The highest BCUT2D eigenvalue weighted by Gasteiger charge is 2.16. The van der Waals surface area contributed by atoms with Gasteiger partial charge in [-0.25, -0.2) is 9.48 Å². The highest BCUT2D eigenvalue weighted by atomic mass is 32.2. The van der Waals surface area contributed by atoms with Crippen LogP contribution in [0.3, 0.4) is 0 Å². The van der Waals surface area contributed by atoms with Gasteiger partial charge in [-0.1, -0.05) is 17.7 Å². The average Bonchev–Trinajstić information content (AvgIpc) is 2.90. The van der Waals surface area contributed by atoms with E-state index in [0.717, 1.165) is 5.75 Å². The lowest BCUT2D eigenvalue weighted by molar-refractivity contribution is 0.0504. The molecule has 0 fully saturated rings. The quantitative estimate of drug-likeness (QED) is 0.598. The van der Waals surface area contributed by atoms with Crippen molar-refractivity contribution in [2.45, 2.75) is 25.3 Å². The maximum Gasteiger partial charge on any atom is 0.378 e. The second-order valence-corrected chi connectivity index (χ2v) is 5.28. The van der Waals surface area contributed by atoms with Crippen molar-refractivity contribution in [3.05, 3.63) is 35.7 Å². The molecule has 6 nitrogen and oxygen atoms in total. The van der Waals surface area contributed by atoms with Crippen LogP contribution in [-0.4, -0.2) is 38.5 Å². The lowest BCUT2D eigenvalue weighted by Gasteiger charge is -2.04. The summed E-state index contributed by atoms with van der Waals surface area (Å²) in [6, 6.07) is 8.30. The average molecular weight is 292 g/mol. The second kappa shape index (κ2) is 7.04. The molecule has 106 valence electrons. The number of benzene rings is 1. The normalized spacial score (nSPS) is 10.5. The van der Waals surface area contributed by atoms with Gasteiger partial charge in [-0.05, 0) is 36.4 Å². The van der Waals surface area contributed by atoms with E-state index in [1.807, 2.05) is 0 Å². The Bertz CT molecular complexity index is 568. The third kappa shape index (κ3) is 3.80. The number of thioether (sulfide) groups is 1. The molecule has 0 aliphatic heterocycles. The number of hydrogen-bond acceptors (Lipinski definition) is 6. The summed E-state index contributed by atoms with van der Waals surface area (Å²) in [6.07, 6.45) is 0. The van der Waals surface area contributed by atoms with Gasteiger partial charge >= 0.3 is 5.97 Å². The van der Waals surface area contributed by atoms with Crippen LogP contribution in [0, 0.1) is 6.92 Å². The molecule has 2 rings (SSSR count). The number of nitrogens with zero attached hydrogens (tertiary/aromatic N) is 4. The van der Waals surface area contributed by atoms with Crippen LogP contribution in [0.2, 0.25) is 0 Å². The second-order valence-electron chi connectivity index (χ2n) is 4.11. The molecule has 0 saturated heterocycles. The van der Waals surface area contributed by atoms with E-state index in [9.17, 15) is 4.79 Å². The number of ether oxygens (including phenoxy) is 1. The van der Waals surface area contributed by atoms with Gasteiger partial charge in [-0.2, -0.15) is 0 Å². The minimum absolute atomic E-state index is 0.149. The fourth-order valence-electron chi connectivity index (χ4n) is 1.58. The first-order chi connectivity index (χ1) is 9.70. The molecule has 0 radical (unpaired) electrons. The van der Waals surface area contributed by atoms with Crippen LogP contribution >= 0.6 is 11.8 Å². The van der Waals surface area contributed by atoms with Crippen molar-refractivity contribution in [3.63, 3.8) is 0 Å². The van der Waals surface area contributed by atoms with Crippen LogP contribution in [0.1, 0.15) is 23.1 Å². The SMILES string of the molecule is CCOC(=O)c1nnnn1CCSc1ccc(C)cc1. The Balaban J connectivity index is 1.90. The lowest BCUT2D eigenvalue weighted by atomic mass is 10.2. The van der Waals surface area contributed by atoms with Gasteiger partial charge in [0.15, 0.2) is 0 Å². The molecule has 7 heteroatoms. The number of rotatable bonds is 6. The number of hydrogen-bond donors (Lipinski definition) is 0. The van der Waals surface area contributed by atoms with E-state index in [4.69, 9.17) is 4.74 Å². The fraction of sp³-hybridized carbons (Fsp3) is 0.385. The Hall–Kier alpha value is -1.89. The van der Waals surface area contributed by atoms with E-state index < -0.39 is 5.97 Å². The van der Waals surface area contributed by atoms with Crippen molar-refractivity contribution in [1.29, 1.82) is 0 Å². The van der Waals surface area contributed by atoms with Crippen molar-refractivity contribution >= 4 is 17.7 Å². The van der Waals surface area contributed by atoms with Gasteiger partial charge in [0.1, 0.15) is 0 Å². The molecule has 0 saturated carbocycles. The highest BCUT2D eigenvalue weighted by molar-refractivity contribution is 7.99. The Morgan fingerprint density at radius 1 is 1.35 bits per heavy atom. The first kappa shape index (κ1) is 14.5. The number of aromatic nitrogens is 4. The van der Waals surface area contributed by atoms with Crippen molar-refractivity contribution in [1.82, 2.24) is 20.2 Å². The molecule has 20 heavy (non-hydrogen) atoms. The zero-order chi connectivity index (χ0) is 14.4. The molecule has 1 heterocycles. The van der Waals surface area contributed by atoms with Crippen LogP contribution in [-0.2, 0) is 11.3 Å². The molecule has 0 aliphatic carbocycles. The third-order valence-electron chi connectivity index (χ3n) is 2.58. The maximum atomic E-state index is 11.6. The van der Waals surface area contributed by atoms with Gasteiger partial charge in [0.2, 0.25) is 0 Å². The molecule has 0 amide bonds. The van der Waals surface area contributed by atoms with Crippen LogP contribution < -0.4 is 0 Å². The summed E-state index contributed by atoms with van der Waals surface area (Å²) in [5, 5.41) is 11.0. The van der Waals surface area contributed by atoms with E-state index in [0.29, 0.717) is 13.2 Å². The number of esters is 1. The van der Waals surface area contributed by atoms with Gasteiger partial charge in [-0.3, -0.25) is 0 Å². The Kier molecular flexibility index (Phi) is 5.11. The Morgan fingerprint density at radius 3 is 2.80 bits per heavy atom. The summed E-state index contributed by atoms with van der Waals surface area (Å²) in [5.41, 5.74) is 1.24. The van der Waals surface area contributed by atoms with E-state index in [1.165, 1.54) is 15.1 Å². The van der Waals surface area contributed by atoms with Crippen molar-refractivity contribution in [2.24, 2.45) is 0 Å². The van der Waals surface area contributed by atoms with Crippen molar-refractivity contribution in [2.75, 3.05) is 12.4 Å². The minimum atomic E-state index is -0.488. The monoisotopic (exact) mass is 292 g/mol. The summed E-state index contributed by atoms with van der Waals surface area (Å²) in [6.45, 7) is 4.67. The summed E-state index contributed by atoms with van der Waals surface area (Å²) >= 11 is 1.69. The van der Waals surface area contributed by atoms with Crippen LogP contribution in [0.25, 0.3) is 0 Å². The van der Waals surface area contributed by atoms with E-state index in [-0.39, 0.29) is 5.82 Å². The highest BCUT2D eigenvalue weighted by Crippen LogP contribution is 2.18. The summed E-state index contributed by atoms with van der Waals surface area (Å²) in [5.74, 6) is 0.440. The maximum absolute atomic E-state index is 11.6. The summed E-state index contributed by atoms with van der Waals surface area (Å²) < 4.78 is 6.37. The standard InChI is InChI=1S/C13H16N4O2S/c1-3-19-13(18)12-14-15-16-17(12)8-9-20-11-6-4-10(2)5-7-11/h4-7H,3,8-9H2,1-2H3. The van der Waals surface area contributed by atoms with Gasteiger partial charge < -0.3 is 4.74 Å². The summed E-state index contributed by atoms with van der Waals surface area (Å²) in [7, 11) is 0. The van der Waals surface area contributed by atoms with Gasteiger partial charge in [0.25, 0.3) is 5.82 Å². The molecule has 0 bridgehead atoms. The molecule has 0 unspecified atom stereocenters. The molecule has 0 aliphatic rings. The molecule has 0 N–H and O–H groups in total. The van der Waals surface area contributed by atoms with E-state index >= 15 is 0 Å². The molecule has 1 aromatic heterocycles. The number of carbonyl (C=O) groups is 1. The zero-order valence-corrected chi connectivity index (χ0v) is 12.3. The smallest absolute Gasteiger partial charge is 0.378 e. The summed E-state index contributed by atoms with van der Waals surface area (Å²) in [4.78, 5) is 12.8. The molecule has 0 spiro atoms. The lowest BCUT2D eigenvalue weighted by Crippen LogP contribution is -2.15. The van der Waals surface area contributed by atoms with Gasteiger partial charge in [-0.15, -0.1) is 16.9 Å². The minimum Gasteiger partial charge on any atom is -0.460 e. The topological polar surface area (TPSA) is 69.9 Å². The predicted octanol–water partition coefficient (Wildman–Crippen LogP) is 1.95. The largest absolute Gasteiger partial charge is 0.460 e. The van der Waals surface area contributed by atoms with E-state index in [1.54, 1.807) is 18.7 Å². The van der Waals surface area contributed by atoms with Crippen molar-refractivity contribution in [3.8, 4) is 0 Å². The number of aryl methyl sites for hydroxylation is 2. The predicted molar refractivity (Wildman–Crippen MR) is 75.7 cm³/mol. The Morgan fingerprint density at radius 2 is 2.10 bits per heavy atom. The number of carbonyl (C=O) groups excluding carboxylic acids is 1. The Labute approximate surface area is 121 Å². The van der Waals surface area contributed by atoms with E-state index in [2.05, 4.69) is 46.7 Å². The third-order valence-corrected chi connectivity index (χ3v) is 3.57. The molecular weight excluding hydrogens is 276 g/mol. The molecule has 0 atom stereocenters. The van der Waals surface area contributed by atoms with Crippen LogP contribution in [0.5, 0.6) is 0 Å². The van der Waals surface area contributed by atoms with Crippen molar-refractivity contribution < 1.29 is 9.53 Å². The molecule has 1 aromatic carbocycles. The van der Waals surface area contributed by atoms with Crippen LogP contribution in [0.4, 0.5) is 0 Å². The molecule has 2 aromatic rings.